The van der Waals surface area contributed by atoms with E-state index in [9.17, 15) is 0 Å². The zero-order valence-electron chi connectivity index (χ0n) is 10.4. The van der Waals surface area contributed by atoms with Crippen molar-refractivity contribution in [3.05, 3.63) is 23.8 Å². The standard InChI is InChI=1S/C13H20N4/c1-10-6-15-12(7-14-10)8-16-13-3-5-17-4-2-11(13)9-17/h6-7,11,13,16H,2-5,8-9H2,1H3. The maximum absolute atomic E-state index is 4.39. The molecule has 3 atom stereocenters. The fourth-order valence-corrected chi connectivity index (χ4v) is 2.97. The fraction of sp³-hybridized carbons (Fsp3) is 0.692. The molecule has 92 valence electrons. The molecule has 0 aliphatic carbocycles. The molecule has 2 saturated heterocycles. The molecule has 3 unspecified atom stereocenters. The van der Waals surface area contributed by atoms with Gasteiger partial charge in [0.05, 0.1) is 11.4 Å². The third-order valence-corrected chi connectivity index (χ3v) is 4.01. The van der Waals surface area contributed by atoms with Gasteiger partial charge in [-0.25, -0.2) is 0 Å². The summed E-state index contributed by atoms with van der Waals surface area (Å²) in [6.07, 6.45) is 6.36. The molecule has 4 nitrogen and oxygen atoms in total. The number of nitrogens with zero attached hydrogens (tertiary/aromatic N) is 3. The molecule has 2 aliphatic rings. The molecule has 0 amide bonds. The van der Waals surface area contributed by atoms with Gasteiger partial charge < -0.3 is 10.2 Å². The minimum Gasteiger partial charge on any atom is -0.308 e. The zero-order chi connectivity index (χ0) is 11.7. The van der Waals surface area contributed by atoms with Crippen LogP contribution in [0.1, 0.15) is 24.2 Å². The molecule has 3 rings (SSSR count). The summed E-state index contributed by atoms with van der Waals surface area (Å²) in [6.45, 7) is 6.67. The van der Waals surface area contributed by atoms with Crippen molar-refractivity contribution in [3.8, 4) is 0 Å². The highest BCUT2D eigenvalue weighted by Gasteiger charge is 2.33. The topological polar surface area (TPSA) is 41.1 Å². The van der Waals surface area contributed by atoms with Crippen molar-refractivity contribution in [3.63, 3.8) is 0 Å². The van der Waals surface area contributed by atoms with Gasteiger partial charge in [-0.3, -0.25) is 9.97 Å². The smallest absolute Gasteiger partial charge is 0.0724 e. The van der Waals surface area contributed by atoms with Crippen molar-refractivity contribution < 1.29 is 0 Å². The van der Waals surface area contributed by atoms with Crippen molar-refractivity contribution in [1.29, 1.82) is 0 Å². The van der Waals surface area contributed by atoms with E-state index in [4.69, 9.17) is 0 Å². The number of hydrogen-bond donors (Lipinski definition) is 1. The Morgan fingerprint density at radius 2 is 2.18 bits per heavy atom. The molecule has 1 aromatic rings. The molecule has 3 heterocycles. The first-order valence-corrected chi connectivity index (χ1v) is 6.54. The van der Waals surface area contributed by atoms with E-state index in [0.29, 0.717) is 6.04 Å². The van der Waals surface area contributed by atoms with E-state index in [0.717, 1.165) is 23.9 Å². The second-order valence-corrected chi connectivity index (χ2v) is 5.27. The lowest BCUT2D eigenvalue weighted by Gasteiger charge is -2.31. The third-order valence-electron chi connectivity index (χ3n) is 4.01. The Hall–Kier alpha value is -1.00. The van der Waals surface area contributed by atoms with Crippen LogP contribution in [0.25, 0.3) is 0 Å². The molecular formula is C13H20N4. The van der Waals surface area contributed by atoms with Gasteiger partial charge >= 0.3 is 0 Å². The van der Waals surface area contributed by atoms with E-state index in [1.165, 1.54) is 32.5 Å². The Kier molecular flexibility index (Phi) is 3.07. The van der Waals surface area contributed by atoms with Crippen LogP contribution in [0.4, 0.5) is 0 Å². The number of aromatic nitrogens is 2. The normalized spacial score (nSPS) is 31.7. The van der Waals surface area contributed by atoms with Crippen LogP contribution in [0, 0.1) is 12.8 Å². The first-order valence-electron chi connectivity index (χ1n) is 6.54. The maximum Gasteiger partial charge on any atom is 0.0724 e. The Morgan fingerprint density at radius 1 is 1.29 bits per heavy atom. The van der Waals surface area contributed by atoms with Gasteiger partial charge in [-0.05, 0) is 38.8 Å². The first kappa shape index (κ1) is 11.1. The molecule has 2 bridgehead atoms. The largest absolute Gasteiger partial charge is 0.308 e. The summed E-state index contributed by atoms with van der Waals surface area (Å²) in [5, 5.41) is 3.66. The monoisotopic (exact) mass is 232 g/mol. The van der Waals surface area contributed by atoms with Gasteiger partial charge in [0.15, 0.2) is 0 Å². The summed E-state index contributed by atoms with van der Waals surface area (Å²) in [5.41, 5.74) is 2.04. The number of fused-ring (bicyclic) bond motifs is 2. The molecular weight excluding hydrogens is 212 g/mol. The number of hydrogen-bond acceptors (Lipinski definition) is 4. The van der Waals surface area contributed by atoms with E-state index in [1.54, 1.807) is 0 Å². The predicted molar refractivity (Wildman–Crippen MR) is 66.6 cm³/mol. The highest BCUT2D eigenvalue weighted by molar-refractivity contribution is 5.01. The first-order chi connectivity index (χ1) is 8.31. The highest BCUT2D eigenvalue weighted by atomic mass is 15.2. The van der Waals surface area contributed by atoms with Crippen LogP contribution in [-0.2, 0) is 6.54 Å². The molecule has 0 radical (unpaired) electrons. The number of aryl methyl sites for hydroxylation is 1. The van der Waals surface area contributed by atoms with Crippen LogP contribution in [0.2, 0.25) is 0 Å². The van der Waals surface area contributed by atoms with Crippen LogP contribution in [0.5, 0.6) is 0 Å². The van der Waals surface area contributed by atoms with Gasteiger partial charge in [0.1, 0.15) is 0 Å². The van der Waals surface area contributed by atoms with Crippen molar-refractivity contribution in [2.24, 2.45) is 5.92 Å². The van der Waals surface area contributed by atoms with Crippen LogP contribution in [-0.4, -0.2) is 40.5 Å². The summed E-state index contributed by atoms with van der Waals surface area (Å²) in [4.78, 5) is 11.2. The quantitative estimate of drug-likeness (QED) is 0.843. The number of rotatable bonds is 3. The van der Waals surface area contributed by atoms with Crippen LogP contribution >= 0.6 is 0 Å². The van der Waals surface area contributed by atoms with E-state index >= 15 is 0 Å². The van der Waals surface area contributed by atoms with Crippen LogP contribution in [0.3, 0.4) is 0 Å². The van der Waals surface area contributed by atoms with Crippen molar-refractivity contribution >= 4 is 0 Å². The lowest BCUT2D eigenvalue weighted by molar-refractivity contribution is 0.220. The molecule has 2 fully saturated rings. The Bertz CT molecular complexity index is 376. The second kappa shape index (κ2) is 4.70. The van der Waals surface area contributed by atoms with Gasteiger partial charge in [-0.2, -0.15) is 0 Å². The summed E-state index contributed by atoms with van der Waals surface area (Å²) in [6, 6.07) is 0.678. The van der Waals surface area contributed by atoms with Crippen molar-refractivity contribution in [1.82, 2.24) is 20.2 Å². The molecule has 2 aliphatic heterocycles. The van der Waals surface area contributed by atoms with E-state index in [1.807, 2.05) is 19.3 Å². The highest BCUT2D eigenvalue weighted by Crippen LogP contribution is 2.27. The van der Waals surface area contributed by atoms with E-state index in [2.05, 4.69) is 20.2 Å². The summed E-state index contributed by atoms with van der Waals surface area (Å²) < 4.78 is 0. The molecule has 0 saturated carbocycles. The minimum atomic E-state index is 0.678. The Balaban J connectivity index is 1.55. The second-order valence-electron chi connectivity index (χ2n) is 5.27. The van der Waals surface area contributed by atoms with Gasteiger partial charge in [0.2, 0.25) is 0 Å². The lowest BCUT2D eigenvalue weighted by atomic mass is 9.94. The third kappa shape index (κ3) is 2.48. The molecule has 1 aromatic heterocycles. The van der Waals surface area contributed by atoms with Crippen LogP contribution < -0.4 is 5.32 Å². The molecule has 1 N–H and O–H groups in total. The summed E-state index contributed by atoms with van der Waals surface area (Å²) >= 11 is 0. The average Bonchev–Trinajstić information content (AvgIpc) is 2.73. The fourth-order valence-electron chi connectivity index (χ4n) is 2.97. The molecule has 17 heavy (non-hydrogen) atoms. The number of piperidine rings is 1. The zero-order valence-corrected chi connectivity index (χ0v) is 10.4. The van der Waals surface area contributed by atoms with Gasteiger partial charge in [0, 0.05) is 31.5 Å². The van der Waals surface area contributed by atoms with Crippen molar-refractivity contribution in [2.75, 3.05) is 19.6 Å². The molecule has 0 aromatic carbocycles. The average molecular weight is 232 g/mol. The number of nitrogens with one attached hydrogen (secondary N) is 1. The SMILES string of the molecule is Cc1cnc(CNC2CCN3CCC2C3)cn1. The van der Waals surface area contributed by atoms with E-state index in [-0.39, 0.29) is 0 Å². The van der Waals surface area contributed by atoms with Gasteiger partial charge in [0.25, 0.3) is 0 Å². The minimum absolute atomic E-state index is 0.678. The van der Waals surface area contributed by atoms with Crippen molar-refractivity contribution in [2.45, 2.75) is 32.4 Å². The van der Waals surface area contributed by atoms with Gasteiger partial charge in [-0.1, -0.05) is 0 Å². The van der Waals surface area contributed by atoms with Crippen LogP contribution in [0.15, 0.2) is 12.4 Å². The van der Waals surface area contributed by atoms with E-state index < -0.39 is 0 Å². The van der Waals surface area contributed by atoms with Gasteiger partial charge in [-0.15, -0.1) is 0 Å². The lowest BCUT2D eigenvalue weighted by Crippen LogP contribution is -2.43. The Morgan fingerprint density at radius 3 is 3.00 bits per heavy atom. The Labute approximate surface area is 102 Å². The summed E-state index contributed by atoms with van der Waals surface area (Å²) in [7, 11) is 0. The maximum atomic E-state index is 4.39. The predicted octanol–water partition coefficient (Wildman–Crippen LogP) is 0.969. The molecule has 0 spiro atoms. The molecule has 4 heteroatoms. The summed E-state index contributed by atoms with van der Waals surface area (Å²) in [5.74, 6) is 0.849.